The number of allylic oxidation sites excluding steroid dienone is 2. The van der Waals surface area contributed by atoms with Crippen molar-refractivity contribution in [1.29, 1.82) is 0 Å². The molecule has 1 amide bonds. The van der Waals surface area contributed by atoms with Crippen molar-refractivity contribution in [2.75, 3.05) is 6.54 Å². The molecule has 0 unspecified atom stereocenters. The second-order valence-electron chi connectivity index (χ2n) is 6.16. The number of nitrogens with zero attached hydrogens (tertiary/aromatic N) is 4. The maximum Gasteiger partial charge on any atom is 0.417 e. The minimum Gasteiger partial charge on any atom is -0.443 e. The number of amides is 1. The highest BCUT2D eigenvalue weighted by atomic mass is 19.4. The van der Waals surface area contributed by atoms with Crippen molar-refractivity contribution in [3.63, 3.8) is 0 Å². The molecule has 0 saturated carbocycles. The summed E-state index contributed by atoms with van der Waals surface area (Å²) in [5.74, 6) is -0.787. The van der Waals surface area contributed by atoms with E-state index in [4.69, 9.17) is 4.42 Å². The summed E-state index contributed by atoms with van der Waals surface area (Å²) in [5, 5.41) is 10.3. The third-order valence-corrected chi connectivity index (χ3v) is 4.26. The third-order valence-electron chi connectivity index (χ3n) is 4.26. The van der Waals surface area contributed by atoms with Gasteiger partial charge < -0.3 is 9.73 Å². The molecule has 1 aliphatic carbocycles. The van der Waals surface area contributed by atoms with Gasteiger partial charge in [0, 0.05) is 12.7 Å². The SMILES string of the molecule is O=C(NCC1=CCCC=C1)c1nnc2c(-c3cnco3)cc(C(F)(F)F)cn12. The van der Waals surface area contributed by atoms with Crippen LogP contribution in [0.5, 0.6) is 0 Å². The van der Waals surface area contributed by atoms with Crippen molar-refractivity contribution in [3.05, 3.63) is 60.0 Å². The van der Waals surface area contributed by atoms with Crippen molar-refractivity contribution in [1.82, 2.24) is 24.9 Å². The van der Waals surface area contributed by atoms with Gasteiger partial charge in [0.2, 0.25) is 5.82 Å². The molecule has 0 spiro atoms. The van der Waals surface area contributed by atoms with Crippen molar-refractivity contribution >= 4 is 11.6 Å². The molecule has 1 N–H and O–H groups in total. The Morgan fingerprint density at radius 3 is 2.82 bits per heavy atom. The molecule has 3 aromatic rings. The quantitative estimate of drug-likeness (QED) is 0.739. The highest BCUT2D eigenvalue weighted by molar-refractivity contribution is 5.92. The van der Waals surface area contributed by atoms with Gasteiger partial charge in [0.25, 0.3) is 5.91 Å². The summed E-state index contributed by atoms with van der Waals surface area (Å²) in [6, 6.07) is 0.893. The minimum atomic E-state index is -4.63. The number of aromatic nitrogens is 4. The predicted octanol–water partition coefficient (Wildman–Crippen LogP) is 3.41. The molecule has 4 rings (SSSR count). The van der Waals surface area contributed by atoms with E-state index in [1.54, 1.807) is 0 Å². The van der Waals surface area contributed by atoms with Crippen LogP contribution in [0.25, 0.3) is 17.0 Å². The summed E-state index contributed by atoms with van der Waals surface area (Å²) >= 11 is 0. The van der Waals surface area contributed by atoms with E-state index in [1.165, 1.54) is 6.20 Å². The predicted molar refractivity (Wildman–Crippen MR) is 92.3 cm³/mol. The van der Waals surface area contributed by atoms with E-state index >= 15 is 0 Å². The van der Waals surface area contributed by atoms with E-state index in [-0.39, 0.29) is 29.3 Å². The maximum absolute atomic E-state index is 13.4. The van der Waals surface area contributed by atoms with Gasteiger partial charge in [-0.25, -0.2) is 4.98 Å². The lowest BCUT2D eigenvalue weighted by molar-refractivity contribution is -0.137. The first-order valence-corrected chi connectivity index (χ1v) is 8.42. The fraction of sp³-hybridized carbons (Fsp3) is 0.222. The lowest BCUT2D eigenvalue weighted by Gasteiger charge is -2.11. The highest BCUT2D eigenvalue weighted by Gasteiger charge is 2.33. The van der Waals surface area contributed by atoms with E-state index in [2.05, 4.69) is 20.5 Å². The highest BCUT2D eigenvalue weighted by Crippen LogP contribution is 2.34. The zero-order valence-electron chi connectivity index (χ0n) is 14.4. The topological polar surface area (TPSA) is 85.3 Å². The van der Waals surface area contributed by atoms with Crippen LogP contribution in [-0.4, -0.2) is 32.0 Å². The van der Waals surface area contributed by atoms with Crippen LogP contribution in [-0.2, 0) is 6.18 Å². The average molecular weight is 389 g/mol. The van der Waals surface area contributed by atoms with E-state index < -0.39 is 17.6 Å². The van der Waals surface area contributed by atoms with Crippen LogP contribution >= 0.6 is 0 Å². The average Bonchev–Trinajstić information content (AvgIpc) is 3.35. The molecule has 0 bridgehead atoms. The molecule has 3 heterocycles. The molecule has 0 saturated heterocycles. The van der Waals surface area contributed by atoms with Crippen LogP contribution in [0.2, 0.25) is 0 Å². The van der Waals surface area contributed by atoms with Crippen LogP contribution in [0.15, 0.2) is 53.1 Å². The molecule has 3 aromatic heterocycles. The number of carbonyl (C=O) groups excluding carboxylic acids is 1. The smallest absolute Gasteiger partial charge is 0.417 e. The van der Waals surface area contributed by atoms with Crippen LogP contribution in [0.3, 0.4) is 0 Å². The number of nitrogens with one attached hydrogen (secondary N) is 1. The Morgan fingerprint density at radius 2 is 2.14 bits per heavy atom. The first-order chi connectivity index (χ1) is 13.4. The van der Waals surface area contributed by atoms with E-state index in [9.17, 15) is 18.0 Å². The van der Waals surface area contributed by atoms with Crippen molar-refractivity contribution in [2.45, 2.75) is 19.0 Å². The number of rotatable bonds is 4. The number of hydrogen-bond donors (Lipinski definition) is 1. The molecule has 0 aromatic carbocycles. The Balaban J connectivity index is 1.73. The number of halogens is 3. The lowest BCUT2D eigenvalue weighted by atomic mass is 10.1. The van der Waals surface area contributed by atoms with Gasteiger partial charge >= 0.3 is 6.18 Å². The van der Waals surface area contributed by atoms with Crippen molar-refractivity contribution in [2.24, 2.45) is 0 Å². The number of hydrogen-bond acceptors (Lipinski definition) is 5. The van der Waals surface area contributed by atoms with Gasteiger partial charge in [-0.2, -0.15) is 13.2 Å². The third kappa shape index (κ3) is 3.40. The van der Waals surface area contributed by atoms with E-state index in [1.807, 2.05) is 18.2 Å². The second-order valence-corrected chi connectivity index (χ2v) is 6.16. The van der Waals surface area contributed by atoms with Crippen LogP contribution in [0.1, 0.15) is 29.0 Å². The standard InChI is InChI=1S/C18H14F3N5O2/c19-18(20,21)12-6-13(14-8-22-10-28-14)15-24-25-16(26(15)9-12)17(27)23-7-11-4-2-1-3-5-11/h2,4-6,8-10H,1,3,7H2,(H,23,27). The molecule has 0 atom stereocenters. The number of alkyl halides is 3. The molecule has 1 aliphatic rings. The van der Waals surface area contributed by atoms with Gasteiger partial charge in [0.05, 0.1) is 17.3 Å². The van der Waals surface area contributed by atoms with Gasteiger partial charge in [-0.1, -0.05) is 18.2 Å². The summed E-state index contributed by atoms with van der Waals surface area (Å²) < 4.78 is 46.2. The first kappa shape index (κ1) is 18.0. The van der Waals surface area contributed by atoms with Crippen LogP contribution in [0, 0.1) is 0 Å². The van der Waals surface area contributed by atoms with Gasteiger partial charge in [-0.15, -0.1) is 10.2 Å². The Morgan fingerprint density at radius 1 is 1.29 bits per heavy atom. The normalized spacial score (nSPS) is 14.3. The Hall–Kier alpha value is -3.43. The summed E-state index contributed by atoms with van der Waals surface area (Å²) in [5.41, 5.74) is 0.0633. The van der Waals surface area contributed by atoms with Gasteiger partial charge in [-0.05, 0) is 24.5 Å². The summed E-state index contributed by atoms with van der Waals surface area (Å²) in [4.78, 5) is 16.2. The molecular formula is C18H14F3N5O2. The Bertz CT molecular complexity index is 1080. The minimum absolute atomic E-state index is 0.0387. The van der Waals surface area contributed by atoms with Gasteiger partial charge in [0.15, 0.2) is 17.8 Å². The fourth-order valence-corrected chi connectivity index (χ4v) is 2.89. The number of fused-ring (bicyclic) bond motifs is 1. The molecule has 0 fully saturated rings. The van der Waals surface area contributed by atoms with Crippen molar-refractivity contribution in [3.8, 4) is 11.3 Å². The van der Waals surface area contributed by atoms with Crippen LogP contribution in [0.4, 0.5) is 13.2 Å². The molecule has 0 aliphatic heterocycles. The molecule has 10 heteroatoms. The summed E-state index contributed by atoms with van der Waals surface area (Å²) in [6.07, 6.45) is 6.24. The zero-order valence-corrected chi connectivity index (χ0v) is 14.4. The summed E-state index contributed by atoms with van der Waals surface area (Å²) in [7, 11) is 0. The molecule has 28 heavy (non-hydrogen) atoms. The Kier molecular flexibility index (Phi) is 4.46. The van der Waals surface area contributed by atoms with Gasteiger partial charge in [0.1, 0.15) is 0 Å². The lowest BCUT2D eigenvalue weighted by Crippen LogP contribution is -2.27. The van der Waals surface area contributed by atoms with E-state index in [0.717, 1.165) is 41.5 Å². The fourth-order valence-electron chi connectivity index (χ4n) is 2.89. The van der Waals surface area contributed by atoms with Crippen molar-refractivity contribution < 1.29 is 22.4 Å². The largest absolute Gasteiger partial charge is 0.443 e. The van der Waals surface area contributed by atoms with Crippen LogP contribution < -0.4 is 5.32 Å². The molecule has 0 radical (unpaired) electrons. The first-order valence-electron chi connectivity index (χ1n) is 8.42. The molecular weight excluding hydrogens is 375 g/mol. The molecule has 7 nitrogen and oxygen atoms in total. The monoisotopic (exact) mass is 389 g/mol. The number of carbonyl (C=O) groups is 1. The number of pyridine rings is 1. The number of oxazole rings is 1. The summed E-state index contributed by atoms with van der Waals surface area (Å²) in [6.45, 7) is 0.248. The zero-order chi connectivity index (χ0) is 19.7. The van der Waals surface area contributed by atoms with Gasteiger partial charge in [-0.3, -0.25) is 9.20 Å². The second kappa shape index (κ2) is 6.95. The maximum atomic E-state index is 13.4. The Labute approximate surface area is 156 Å². The molecule has 144 valence electrons. The van der Waals surface area contributed by atoms with E-state index in [0.29, 0.717) is 0 Å².